The molecule has 0 saturated heterocycles. The molecule has 19 heavy (non-hydrogen) atoms. The second-order valence-corrected chi connectivity index (χ2v) is 4.48. The van der Waals surface area contributed by atoms with E-state index < -0.39 is 12.2 Å². The third-order valence-electron chi connectivity index (χ3n) is 2.64. The SMILES string of the molecule is CC(C)OC(=O)c1ccc(N2C(=O)C=CC2O)cc1. The molecular formula is C14H15NO4. The Hall–Kier alpha value is -2.14. The minimum Gasteiger partial charge on any atom is -0.459 e. The van der Waals surface area contributed by atoms with Crippen LogP contribution in [0.1, 0.15) is 24.2 Å². The molecule has 1 aliphatic heterocycles. The van der Waals surface area contributed by atoms with E-state index in [1.807, 2.05) is 0 Å². The fourth-order valence-corrected chi connectivity index (χ4v) is 1.79. The van der Waals surface area contributed by atoms with Crippen molar-refractivity contribution in [2.45, 2.75) is 26.2 Å². The number of esters is 1. The van der Waals surface area contributed by atoms with Crippen molar-refractivity contribution in [3.8, 4) is 0 Å². The van der Waals surface area contributed by atoms with E-state index in [2.05, 4.69) is 0 Å². The third kappa shape index (κ3) is 2.82. The molecule has 0 radical (unpaired) electrons. The van der Waals surface area contributed by atoms with Gasteiger partial charge in [-0.1, -0.05) is 0 Å². The van der Waals surface area contributed by atoms with E-state index in [0.717, 1.165) is 0 Å². The predicted octanol–water partition coefficient (Wildman–Crippen LogP) is 1.47. The zero-order chi connectivity index (χ0) is 14.0. The number of carbonyl (C=O) groups is 2. The van der Waals surface area contributed by atoms with E-state index in [1.54, 1.807) is 38.1 Å². The number of amides is 1. The maximum Gasteiger partial charge on any atom is 0.338 e. The summed E-state index contributed by atoms with van der Waals surface area (Å²) in [5.74, 6) is -0.696. The summed E-state index contributed by atoms with van der Waals surface area (Å²) in [6, 6.07) is 6.34. The first kappa shape index (κ1) is 13.3. The number of hydrogen-bond acceptors (Lipinski definition) is 4. The Morgan fingerprint density at radius 1 is 1.32 bits per heavy atom. The van der Waals surface area contributed by atoms with Gasteiger partial charge in [-0.05, 0) is 44.2 Å². The zero-order valence-electron chi connectivity index (χ0n) is 10.7. The fraction of sp³-hybridized carbons (Fsp3) is 0.286. The highest BCUT2D eigenvalue weighted by molar-refractivity contribution is 6.04. The molecule has 0 saturated carbocycles. The molecule has 1 aromatic carbocycles. The number of anilines is 1. The van der Waals surface area contributed by atoms with Crippen LogP contribution in [0.15, 0.2) is 36.4 Å². The third-order valence-corrected chi connectivity index (χ3v) is 2.64. The molecule has 5 heteroatoms. The van der Waals surface area contributed by atoms with Gasteiger partial charge in [0.15, 0.2) is 6.23 Å². The second kappa shape index (κ2) is 5.24. The number of benzene rings is 1. The van der Waals surface area contributed by atoms with Crippen molar-refractivity contribution >= 4 is 17.6 Å². The molecule has 1 atom stereocenters. The van der Waals surface area contributed by atoms with Gasteiger partial charge in [-0.25, -0.2) is 4.79 Å². The number of carbonyl (C=O) groups excluding carboxylic acids is 2. The molecule has 5 nitrogen and oxygen atoms in total. The first-order valence-electron chi connectivity index (χ1n) is 5.99. The first-order chi connectivity index (χ1) is 8.99. The van der Waals surface area contributed by atoms with Crippen LogP contribution in [-0.4, -0.2) is 29.3 Å². The van der Waals surface area contributed by atoms with Gasteiger partial charge in [0.25, 0.3) is 5.91 Å². The number of aliphatic hydroxyl groups is 1. The highest BCUT2D eigenvalue weighted by atomic mass is 16.5. The summed E-state index contributed by atoms with van der Waals surface area (Å²) in [6.45, 7) is 3.55. The second-order valence-electron chi connectivity index (χ2n) is 4.48. The normalized spacial score (nSPS) is 18.2. The van der Waals surface area contributed by atoms with Gasteiger partial charge in [0.1, 0.15) is 0 Å². The molecule has 2 rings (SSSR count). The van der Waals surface area contributed by atoms with E-state index in [0.29, 0.717) is 11.3 Å². The first-order valence-corrected chi connectivity index (χ1v) is 5.99. The maximum atomic E-state index is 11.7. The number of ether oxygens (including phenoxy) is 1. The van der Waals surface area contributed by atoms with Crippen molar-refractivity contribution in [1.82, 2.24) is 0 Å². The Morgan fingerprint density at radius 3 is 2.42 bits per heavy atom. The van der Waals surface area contributed by atoms with E-state index >= 15 is 0 Å². The quantitative estimate of drug-likeness (QED) is 0.837. The molecule has 1 aromatic rings. The van der Waals surface area contributed by atoms with Crippen LogP contribution >= 0.6 is 0 Å². The lowest BCUT2D eigenvalue weighted by Gasteiger charge is -2.20. The van der Waals surface area contributed by atoms with Crippen LogP contribution < -0.4 is 4.90 Å². The van der Waals surface area contributed by atoms with Crippen molar-refractivity contribution in [3.05, 3.63) is 42.0 Å². The molecule has 0 aliphatic carbocycles. The Labute approximate surface area is 111 Å². The summed E-state index contributed by atoms with van der Waals surface area (Å²) in [6.07, 6.45) is 1.58. The monoisotopic (exact) mass is 261 g/mol. The molecule has 0 fully saturated rings. The van der Waals surface area contributed by atoms with E-state index in [1.165, 1.54) is 17.1 Å². The van der Waals surface area contributed by atoms with Crippen molar-refractivity contribution in [2.75, 3.05) is 4.90 Å². The van der Waals surface area contributed by atoms with Crippen LogP contribution in [0, 0.1) is 0 Å². The van der Waals surface area contributed by atoms with Gasteiger partial charge in [0.05, 0.1) is 11.7 Å². The molecule has 0 bridgehead atoms. The summed E-state index contributed by atoms with van der Waals surface area (Å²) in [4.78, 5) is 24.4. The van der Waals surface area contributed by atoms with Crippen molar-refractivity contribution in [3.63, 3.8) is 0 Å². The van der Waals surface area contributed by atoms with Crippen molar-refractivity contribution in [2.24, 2.45) is 0 Å². The molecule has 0 aromatic heterocycles. The Balaban J connectivity index is 2.15. The fourth-order valence-electron chi connectivity index (χ4n) is 1.79. The molecule has 1 amide bonds. The molecule has 1 aliphatic rings. The molecule has 100 valence electrons. The van der Waals surface area contributed by atoms with Gasteiger partial charge in [0, 0.05) is 11.8 Å². The zero-order valence-corrected chi connectivity index (χ0v) is 10.7. The molecular weight excluding hydrogens is 246 g/mol. The standard InChI is InChI=1S/C14H15NO4/c1-9(2)19-14(18)10-3-5-11(6-4-10)15-12(16)7-8-13(15)17/h3-9,12,16H,1-2H3. The van der Waals surface area contributed by atoms with Crippen LogP contribution in [0.25, 0.3) is 0 Å². The van der Waals surface area contributed by atoms with Gasteiger partial charge in [-0.15, -0.1) is 0 Å². The predicted molar refractivity (Wildman–Crippen MR) is 69.6 cm³/mol. The minimum absolute atomic E-state index is 0.182. The average molecular weight is 261 g/mol. The minimum atomic E-state index is -0.957. The lowest BCUT2D eigenvalue weighted by Crippen LogP contribution is -2.33. The smallest absolute Gasteiger partial charge is 0.338 e. The van der Waals surface area contributed by atoms with Crippen molar-refractivity contribution in [1.29, 1.82) is 0 Å². The number of hydrogen-bond donors (Lipinski definition) is 1. The van der Waals surface area contributed by atoms with Crippen LogP contribution in [-0.2, 0) is 9.53 Å². The summed E-state index contributed by atoms with van der Waals surface area (Å²) in [5.41, 5.74) is 0.940. The lowest BCUT2D eigenvalue weighted by atomic mass is 10.2. The lowest BCUT2D eigenvalue weighted by molar-refractivity contribution is -0.114. The summed E-state index contributed by atoms with van der Waals surface area (Å²) in [5, 5.41) is 9.64. The molecule has 1 N–H and O–H groups in total. The summed E-state index contributed by atoms with van der Waals surface area (Å²) < 4.78 is 5.06. The van der Waals surface area contributed by atoms with Crippen LogP contribution in [0.5, 0.6) is 0 Å². The number of rotatable bonds is 3. The molecule has 0 spiro atoms. The molecule has 1 unspecified atom stereocenters. The Bertz CT molecular complexity index is 519. The van der Waals surface area contributed by atoms with Crippen LogP contribution in [0.3, 0.4) is 0 Å². The summed E-state index contributed by atoms with van der Waals surface area (Å²) >= 11 is 0. The Morgan fingerprint density at radius 2 is 1.95 bits per heavy atom. The Kier molecular flexibility index (Phi) is 3.66. The largest absolute Gasteiger partial charge is 0.459 e. The average Bonchev–Trinajstić information content (AvgIpc) is 2.68. The number of aliphatic hydroxyl groups excluding tert-OH is 1. The van der Waals surface area contributed by atoms with Gasteiger partial charge in [0.2, 0.25) is 0 Å². The van der Waals surface area contributed by atoms with Gasteiger partial charge in [-0.3, -0.25) is 9.69 Å². The molecule has 1 heterocycles. The van der Waals surface area contributed by atoms with Crippen LogP contribution in [0.2, 0.25) is 0 Å². The number of nitrogens with zero attached hydrogens (tertiary/aromatic N) is 1. The van der Waals surface area contributed by atoms with E-state index in [9.17, 15) is 14.7 Å². The topological polar surface area (TPSA) is 66.8 Å². The summed E-state index contributed by atoms with van der Waals surface area (Å²) in [7, 11) is 0. The van der Waals surface area contributed by atoms with Crippen LogP contribution in [0.4, 0.5) is 5.69 Å². The maximum absolute atomic E-state index is 11.7. The van der Waals surface area contributed by atoms with Gasteiger partial charge >= 0.3 is 5.97 Å². The van der Waals surface area contributed by atoms with Crippen molar-refractivity contribution < 1.29 is 19.4 Å². The highest BCUT2D eigenvalue weighted by Gasteiger charge is 2.25. The van der Waals surface area contributed by atoms with E-state index in [4.69, 9.17) is 4.74 Å². The van der Waals surface area contributed by atoms with E-state index in [-0.39, 0.29) is 12.0 Å². The highest BCUT2D eigenvalue weighted by Crippen LogP contribution is 2.22. The van der Waals surface area contributed by atoms with Gasteiger partial charge in [-0.2, -0.15) is 0 Å². The van der Waals surface area contributed by atoms with Gasteiger partial charge < -0.3 is 9.84 Å².